The molecule has 0 aliphatic carbocycles. The number of fused-ring (bicyclic) bond motifs is 1. The molecular weight excluding hydrogens is 522 g/mol. The van der Waals surface area contributed by atoms with Gasteiger partial charge in [0.05, 0.1) is 13.4 Å². The van der Waals surface area contributed by atoms with E-state index < -0.39 is 30.8 Å². The summed E-state index contributed by atoms with van der Waals surface area (Å²) in [5.41, 5.74) is 4.82. The largest absolute Gasteiger partial charge is 0.381 e. The number of hydrogen-bond acceptors (Lipinski definition) is 5. The average Bonchev–Trinajstić information content (AvgIpc) is 3.36. The molecule has 3 aromatic rings. The van der Waals surface area contributed by atoms with E-state index in [1.54, 1.807) is 6.07 Å². The minimum atomic E-state index is -2.12. The van der Waals surface area contributed by atoms with Crippen LogP contribution >= 0.6 is 0 Å². The average molecular weight is 564 g/mol. The van der Waals surface area contributed by atoms with Gasteiger partial charge in [-0.05, 0) is 97.3 Å². The quantitative estimate of drug-likeness (QED) is 0.461. The predicted molar refractivity (Wildman–Crippen MR) is 157 cm³/mol. The van der Waals surface area contributed by atoms with Gasteiger partial charge in [-0.1, -0.05) is 12.1 Å². The van der Waals surface area contributed by atoms with Crippen LogP contribution in [0.25, 0.3) is 0 Å². The van der Waals surface area contributed by atoms with Crippen molar-refractivity contribution in [2.45, 2.75) is 32.2 Å². The number of carbonyl (C=O) groups is 1. The van der Waals surface area contributed by atoms with Gasteiger partial charge < -0.3 is 19.9 Å². The number of rotatable bonds is 6. The molecule has 1 amide bonds. The zero-order valence-electron chi connectivity index (χ0n) is 28.0. The van der Waals surface area contributed by atoms with E-state index in [0.29, 0.717) is 41.1 Å². The fourth-order valence-corrected chi connectivity index (χ4v) is 5.64. The smallest absolute Gasteiger partial charge is 0.257 e. The Bertz CT molecular complexity index is 1660. The zero-order valence-corrected chi connectivity index (χ0v) is 23.0. The second-order valence-electron chi connectivity index (χ2n) is 11.0. The Kier molecular flexibility index (Phi) is 6.50. The fourth-order valence-electron chi connectivity index (χ4n) is 5.64. The van der Waals surface area contributed by atoms with Crippen molar-refractivity contribution in [2.75, 3.05) is 51.2 Å². The summed E-state index contributed by atoms with van der Waals surface area (Å²) >= 11 is 0. The van der Waals surface area contributed by atoms with Gasteiger partial charge in [-0.25, -0.2) is 8.78 Å². The lowest BCUT2D eigenvalue weighted by Gasteiger charge is -2.34. The van der Waals surface area contributed by atoms with Gasteiger partial charge in [0.15, 0.2) is 0 Å². The van der Waals surface area contributed by atoms with Crippen molar-refractivity contribution in [1.29, 1.82) is 0 Å². The van der Waals surface area contributed by atoms with Gasteiger partial charge in [-0.3, -0.25) is 9.79 Å². The molecular formula is C33H36F2N4O2. The van der Waals surface area contributed by atoms with E-state index in [4.69, 9.17) is 11.6 Å². The highest BCUT2D eigenvalue weighted by Gasteiger charge is 2.24. The van der Waals surface area contributed by atoms with Crippen molar-refractivity contribution >= 4 is 17.4 Å². The molecule has 0 unspecified atom stereocenters. The molecule has 214 valence electrons. The molecule has 3 heterocycles. The third-order valence-corrected chi connectivity index (χ3v) is 7.94. The lowest BCUT2D eigenvalue weighted by atomic mass is 9.89. The molecule has 8 heteroatoms. The standard InChI is InChI=1S/C33H36F2N4O2/c1-38-8-10-39(11-9-38)29-4-5-30(26(19-29)15-22-6-12-41-13-7-22)33(40)37-32-31-18-23(2-3-25(31)21-36-32)14-24-16-27(34)20-28(35)17-24/h2-5,16-20,22H,6-15,21H2,1H3,(H,36,37,40)/i12D2,13D2,20D. The number of nitrogens with zero attached hydrogens (tertiary/aromatic N) is 3. The highest BCUT2D eigenvalue weighted by Crippen LogP contribution is 2.28. The van der Waals surface area contributed by atoms with Crippen LogP contribution in [0.1, 0.15) is 57.9 Å². The lowest BCUT2D eigenvalue weighted by molar-refractivity contribution is 0.0664. The van der Waals surface area contributed by atoms with E-state index in [-0.39, 0.29) is 31.1 Å². The van der Waals surface area contributed by atoms with Crippen LogP contribution in [-0.2, 0) is 24.1 Å². The third-order valence-electron chi connectivity index (χ3n) is 7.94. The first-order valence-electron chi connectivity index (χ1n) is 16.4. The topological polar surface area (TPSA) is 57.2 Å². The van der Waals surface area contributed by atoms with Crippen molar-refractivity contribution in [3.8, 4) is 0 Å². The minimum absolute atomic E-state index is 0.00743. The first-order valence-corrected chi connectivity index (χ1v) is 13.9. The Balaban J connectivity index is 1.25. The number of ether oxygens (including phenoxy) is 1. The molecule has 3 aliphatic rings. The highest BCUT2D eigenvalue weighted by atomic mass is 19.1. The van der Waals surface area contributed by atoms with Crippen LogP contribution in [0.15, 0.2) is 59.6 Å². The SMILES string of the molecule is [2H]c1c(F)cc(Cc2ccc3c(c2)C(NC(=O)c2ccc(N4CCN(C)CC4)cc2CC2CC([2H])([2H])OC([2H])([2H])C2)=NC3)cc1F. The molecule has 6 nitrogen and oxygen atoms in total. The third kappa shape index (κ3) is 6.49. The monoisotopic (exact) mass is 563 g/mol. The first kappa shape index (κ1) is 22.0. The Morgan fingerprint density at radius 1 is 1.05 bits per heavy atom. The number of carbonyl (C=O) groups excluding carboxylic acids is 1. The van der Waals surface area contributed by atoms with Gasteiger partial charge >= 0.3 is 0 Å². The molecule has 0 radical (unpaired) electrons. The van der Waals surface area contributed by atoms with Gasteiger partial charge in [0.25, 0.3) is 5.91 Å². The Labute approximate surface area is 247 Å². The van der Waals surface area contributed by atoms with Gasteiger partial charge in [0, 0.05) is 62.2 Å². The predicted octanol–water partition coefficient (Wildman–Crippen LogP) is 4.97. The van der Waals surface area contributed by atoms with E-state index in [1.165, 1.54) is 0 Å². The van der Waals surface area contributed by atoms with Crippen LogP contribution in [0.5, 0.6) is 0 Å². The van der Waals surface area contributed by atoms with Crippen LogP contribution in [-0.4, -0.2) is 63.0 Å². The number of piperazine rings is 1. The van der Waals surface area contributed by atoms with Crippen LogP contribution in [0, 0.1) is 17.6 Å². The molecule has 3 aromatic carbocycles. The van der Waals surface area contributed by atoms with E-state index in [2.05, 4.69) is 27.2 Å². The molecule has 0 bridgehead atoms. The van der Waals surface area contributed by atoms with Crippen molar-refractivity contribution in [3.05, 3.63) is 99.6 Å². The summed E-state index contributed by atoms with van der Waals surface area (Å²) in [4.78, 5) is 22.9. The zero-order chi connectivity index (χ0) is 32.8. The number of hydrogen-bond donors (Lipinski definition) is 1. The number of benzene rings is 3. The highest BCUT2D eigenvalue weighted by molar-refractivity contribution is 6.14. The molecule has 0 spiro atoms. The molecule has 41 heavy (non-hydrogen) atoms. The molecule has 1 N–H and O–H groups in total. The second kappa shape index (κ2) is 12.1. The molecule has 2 fully saturated rings. The van der Waals surface area contributed by atoms with E-state index in [0.717, 1.165) is 55.1 Å². The summed E-state index contributed by atoms with van der Waals surface area (Å²) in [7, 11) is 2.07. The van der Waals surface area contributed by atoms with E-state index in [9.17, 15) is 13.6 Å². The molecule has 0 saturated carbocycles. The molecule has 0 atom stereocenters. The second-order valence-corrected chi connectivity index (χ2v) is 11.0. The Morgan fingerprint density at radius 2 is 1.80 bits per heavy atom. The minimum Gasteiger partial charge on any atom is -0.381 e. The van der Waals surface area contributed by atoms with Crippen molar-refractivity contribution < 1.29 is 25.2 Å². The number of nitrogens with one attached hydrogen (secondary N) is 1. The first-order chi connectivity index (χ1) is 21.7. The maximum Gasteiger partial charge on any atom is 0.257 e. The Morgan fingerprint density at radius 3 is 2.56 bits per heavy atom. The fraction of sp³-hybridized carbons (Fsp3) is 0.394. The van der Waals surface area contributed by atoms with Gasteiger partial charge in [0.2, 0.25) is 0 Å². The lowest BCUT2D eigenvalue weighted by Crippen LogP contribution is -2.44. The van der Waals surface area contributed by atoms with Crippen LogP contribution < -0.4 is 10.2 Å². The summed E-state index contributed by atoms with van der Waals surface area (Å²) in [6.45, 7) is -0.422. The van der Waals surface area contributed by atoms with E-state index in [1.807, 2.05) is 30.3 Å². The van der Waals surface area contributed by atoms with Gasteiger partial charge in [-0.2, -0.15) is 0 Å². The van der Waals surface area contributed by atoms with Gasteiger partial charge in [0.1, 0.15) is 17.5 Å². The summed E-state index contributed by atoms with van der Waals surface area (Å²) in [6.07, 6.45) is 0.539. The van der Waals surface area contributed by atoms with Crippen LogP contribution in [0.2, 0.25) is 0 Å². The van der Waals surface area contributed by atoms with Crippen LogP contribution in [0.3, 0.4) is 0 Å². The number of amidine groups is 1. The number of anilines is 1. The summed E-state index contributed by atoms with van der Waals surface area (Å²) in [5.74, 6) is -2.24. The number of likely N-dealkylation sites (N-methyl/N-ethyl adjacent to an activating group) is 1. The summed E-state index contributed by atoms with van der Waals surface area (Å²) in [6, 6.07) is 12.8. The number of aliphatic imine (C=N–C) groups is 1. The van der Waals surface area contributed by atoms with Crippen molar-refractivity contribution in [1.82, 2.24) is 10.2 Å². The molecule has 3 aliphatic heterocycles. The molecule has 2 saturated heterocycles. The van der Waals surface area contributed by atoms with Crippen LogP contribution in [0.4, 0.5) is 14.5 Å². The number of amides is 1. The van der Waals surface area contributed by atoms with E-state index >= 15 is 0 Å². The van der Waals surface area contributed by atoms with Gasteiger partial charge in [-0.15, -0.1) is 0 Å². The summed E-state index contributed by atoms with van der Waals surface area (Å²) < 4.78 is 72.9. The normalized spacial score (nSPS) is 22.1. The number of halogens is 2. The van der Waals surface area contributed by atoms with Crippen molar-refractivity contribution in [3.63, 3.8) is 0 Å². The molecule has 0 aromatic heterocycles. The van der Waals surface area contributed by atoms with Crippen molar-refractivity contribution in [2.24, 2.45) is 10.9 Å². The maximum atomic E-state index is 14.0. The Hall–Kier alpha value is -3.62. The summed E-state index contributed by atoms with van der Waals surface area (Å²) in [5, 5.41) is 2.96. The molecule has 6 rings (SSSR count). The maximum absolute atomic E-state index is 14.0.